The summed E-state index contributed by atoms with van der Waals surface area (Å²) in [6.07, 6.45) is 1.35. The molecule has 1 fully saturated rings. The minimum Gasteiger partial charge on any atom is -0.366 e. The molecule has 2 aromatic rings. The van der Waals surface area contributed by atoms with Gasteiger partial charge in [-0.1, -0.05) is 36.4 Å². The summed E-state index contributed by atoms with van der Waals surface area (Å²) in [5.41, 5.74) is 2.20. The molecule has 1 saturated heterocycles. The van der Waals surface area contributed by atoms with Gasteiger partial charge in [-0.25, -0.2) is 4.98 Å². The quantitative estimate of drug-likeness (QED) is 0.830. The number of carbonyl (C=O) groups is 1. The molecule has 0 saturated carbocycles. The highest BCUT2D eigenvalue weighted by Gasteiger charge is 2.21. The Morgan fingerprint density at radius 2 is 2.16 bits per heavy atom. The first-order valence-electron chi connectivity index (χ1n) is 8.53. The van der Waals surface area contributed by atoms with Crippen molar-refractivity contribution in [3.05, 3.63) is 59.8 Å². The van der Waals surface area contributed by atoms with Gasteiger partial charge in [0.25, 0.3) is 5.91 Å². The predicted octanol–water partition coefficient (Wildman–Crippen LogP) is 1.32. The maximum atomic E-state index is 12.2. The summed E-state index contributed by atoms with van der Waals surface area (Å²) in [6, 6.07) is 14.1. The number of rotatable bonds is 6. The Morgan fingerprint density at radius 3 is 2.92 bits per heavy atom. The third-order valence-corrected chi connectivity index (χ3v) is 4.16. The van der Waals surface area contributed by atoms with Crippen molar-refractivity contribution in [2.45, 2.75) is 19.2 Å². The summed E-state index contributed by atoms with van der Waals surface area (Å²) in [6.45, 7) is 3.10. The minimum absolute atomic E-state index is 0.0901. The van der Waals surface area contributed by atoms with E-state index < -0.39 is 6.10 Å². The number of amides is 1. The summed E-state index contributed by atoms with van der Waals surface area (Å²) in [5, 5.41) is 6.12. The number of morpholine rings is 1. The van der Waals surface area contributed by atoms with Crippen LogP contribution in [0.15, 0.2) is 48.7 Å². The SMILES string of the molecule is CN(Cc1ccccc1)c1ncccc1CNC(=O)[C@@H]1CNCCO1. The molecule has 3 rings (SSSR count). The van der Waals surface area contributed by atoms with E-state index in [2.05, 4.69) is 32.7 Å². The van der Waals surface area contributed by atoms with Gasteiger partial charge in [-0.05, 0) is 11.6 Å². The van der Waals surface area contributed by atoms with Crippen molar-refractivity contribution in [2.75, 3.05) is 31.6 Å². The smallest absolute Gasteiger partial charge is 0.250 e. The molecule has 6 heteroatoms. The number of hydrogen-bond donors (Lipinski definition) is 2. The molecule has 1 aromatic heterocycles. The molecule has 0 spiro atoms. The molecule has 0 bridgehead atoms. The highest BCUT2D eigenvalue weighted by atomic mass is 16.5. The molecule has 1 aliphatic heterocycles. The van der Waals surface area contributed by atoms with Crippen LogP contribution in [0.3, 0.4) is 0 Å². The van der Waals surface area contributed by atoms with Gasteiger partial charge < -0.3 is 20.3 Å². The molecule has 0 aliphatic carbocycles. The molecule has 132 valence electrons. The average molecular weight is 340 g/mol. The van der Waals surface area contributed by atoms with E-state index in [-0.39, 0.29) is 5.91 Å². The maximum Gasteiger partial charge on any atom is 0.250 e. The third-order valence-electron chi connectivity index (χ3n) is 4.16. The number of ether oxygens (including phenoxy) is 1. The van der Waals surface area contributed by atoms with Gasteiger partial charge in [-0.3, -0.25) is 4.79 Å². The Kier molecular flexibility index (Phi) is 5.98. The molecule has 2 N–H and O–H groups in total. The lowest BCUT2D eigenvalue weighted by Gasteiger charge is -2.24. The Labute approximate surface area is 148 Å². The van der Waals surface area contributed by atoms with Crippen molar-refractivity contribution in [3.63, 3.8) is 0 Å². The first-order chi connectivity index (χ1) is 12.2. The number of nitrogens with zero attached hydrogens (tertiary/aromatic N) is 2. The molecule has 1 aromatic carbocycles. The Balaban J connectivity index is 1.63. The van der Waals surface area contributed by atoms with E-state index in [9.17, 15) is 4.79 Å². The molecular formula is C19H24N4O2. The number of anilines is 1. The second-order valence-electron chi connectivity index (χ2n) is 6.11. The van der Waals surface area contributed by atoms with Gasteiger partial charge in [-0.2, -0.15) is 0 Å². The summed E-state index contributed by atoms with van der Waals surface area (Å²) in [4.78, 5) is 18.8. The van der Waals surface area contributed by atoms with E-state index in [0.29, 0.717) is 19.7 Å². The van der Waals surface area contributed by atoms with Gasteiger partial charge in [0.1, 0.15) is 11.9 Å². The van der Waals surface area contributed by atoms with Crippen LogP contribution in [0.5, 0.6) is 0 Å². The Hall–Kier alpha value is -2.44. The molecule has 1 aliphatic rings. The predicted molar refractivity (Wildman–Crippen MR) is 97.2 cm³/mol. The number of aromatic nitrogens is 1. The molecule has 1 atom stereocenters. The zero-order valence-corrected chi connectivity index (χ0v) is 14.4. The van der Waals surface area contributed by atoms with Gasteiger partial charge >= 0.3 is 0 Å². The topological polar surface area (TPSA) is 66.5 Å². The molecule has 0 radical (unpaired) electrons. The van der Waals surface area contributed by atoms with Crippen LogP contribution in [-0.4, -0.2) is 43.7 Å². The molecular weight excluding hydrogens is 316 g/mol. The number of benzene rings is 1. The van der Waals surface area contributed by atoms with Crippen molar-refractivity contribution in [3.8, 4) is 0 Å². The van der Waals surface area contributed by atoms with Crippen LogP contribution < -0.4 is 15.5 Å². The lowest BCUT2D eigenvalue weighted by molar-refractivity contribution is -0.134. The van der Waals surface area contributed by atoms with Crippen LogP contribution in [0.25, 0.3) is 0 Å². The summed E-state index contributed by atoms with van der Waals surface area (Å²) < 4.78 is 5.48. The van der Waals surface area contributed by atoms with Crippen LogP contribution in [0, 0.1) is 0 Å². The van der Waals surface area contributed by atoms with E-state index in [1.807, 2.05) is 37.4 Å². The first kappa shape index (κ1) is 17.4. The second-order valence-corrected chi connectivity index (χ2v) is 6.11. The standard InChI is InChI=1S/C19H24N4O2/c1-23(14-15-6-3-2-4-7-15)18-16(8-5-9-21-18)12-22-19(24)17-13-20-10-11-25-17/h2-9,17,20H,10-14H2,1H3,(H,22,24)/t17-/m0/s1. The van der Waals surface area contributed by atoms with Crippen molar-refractivity contribution in [2.24, 2.45) is 0 Å². The summed E-state index contributed by atoms with van der Waals surface area (Å²) in [7, 11) is 2.01. The van der Waals surface area contributed by atoms with E-state index in [0.717, 1.165) is 24.5 Å². The van der Waals surface area contributed by atoms with E-state index in [4.69, 9.17) is 4.74 Å². The zero-order chi connectivity index (χ0) is 17.5. The summed E-state index contributed by atoms with van der Waals surface area (Å²) in [5.74, 6) is 0.780. The number of hydrogen-bond acceptors (Lipinski definition) is 5. The number of pyridine rings is 1. The minimum atomic E-state index is -0.420. The molecule has 25 heavy (non-hydrogen) atoms. The zero-order valence-electron chi connectivity index (χ0n) is 14.4. The number of carbonyl (C=O) groups excluding carboxylic acids is 1. The van der Waals surface area contributed by atoms with Gasteiger partial charge in [0, 0.05) is 45.0 Å². The van der Waals surface area contributed by atoms with Crippen LogP contribution in [-0.2, 0) is 22.6 Å². The second kappa shape index (κ2) is 8.60. The van der Waals surface area contributed by atoms with Crippen LogP contribution in [0.1, 0.15) is 11.1 Å². The highest BCUT2D eigenvalue weighted by molar-refractivity contribution is 5.81. The van der Waals surface area contributed by atoms with Crippen molar-refractivity contribution >= 4 is 11.7 Å². The molecule has 1 amide bonds. The van der Waals surface area contributed by atoms with Crippen molar-refractivity contribution in [1.29, 1.82) is 0 Å². The molecule has 6 nitrogen and oxygen atoms in total. The monoisotopic (exact) mass is 340 g/mol. The normalized spacial score (nSPS) is 17.1. The van der Waals surface area contributed by atoms with Gasteiger partial charge in [0.15, 0.2) is 0 Å². The average Bonchev–Trinajstić information content (AvgIpc) is 2.68. The largest absolute Gasteiger partial charge is 0.366 e. The van der Waals surface area contributed by atoms with Crippen LogP contribution >= 0.6 is 0 Å². The van der Waals surface area contributed by atoms with E-state index >= 15 is 0 Å². The van der Waals surface area contributed by atoms with Gasteiger partial charge in [-0.15, -0.1) is 0 Å². The lowest BCUT2D eigenvalue weighted by Crippen LogP contribution is -2.47. The fourth-order valence-corrected chi connectivity index (χ4v) is 2.87. The fourth-order valence-electron chi connectivity index (χ4n) is 2.87. The summed E-state index contributed by atoms with van der Waals surface area (Å²) >= 11 is 0. The third kappa shape index (κ3) is 4.78. The highest BCUT2D eigenvalue weighted by Crippen LogP contribution is 2.18. The van der Waals surface area contributed by atoms with E-state index in [1.54, 1.807) is 6.20 Å². The fraction of sp³-hybridized carbons (Fsp3) is 0.368. The van der Waals surface area contributed by atoms with Crippen molar-refractivity contribution < 1.29 is 9.53 Å². The van der Waals surface area contributed by atoms with Gasteiger partial charge in [0.2, 0.25) is 0 Å². The molecule has 2 heterocycles. The maximum absolute atomic E-state index is 12.2. The molecule has 0 unspecified atom stereocenters. The van der Waals surface area contributed by atoms with Gasteiger partial charge in [0.05, 0.1) is 6.61 Å². The van der Waals surface area contributed by atoms with Crippen LogP contribution in [0.4, 0.5) is 5.82 Å². The Bertz CT molecular complexity index is 687. The van der Waals surface area contributed by atoms with Crippen molar-refractivity contribution in [1.82, 2.24) is 15.6 Å². The van der Waals surface area contributed by atoms with E-state index in [1.165, 1.54) is 5.56 Å². The van der Waals surface area contributed by atoms with Crippen LogP contribution in [0.2, 0.25) is 0 Å². The lowest BCUT2D eigenvalue weighted by atomic mass is 10.2. The number of nitrogens with one attached hydrogen (secondary N) is 2. The first-order valence-corrected chi connectivity index (χ1v) is 8.53. The Morgan fingerprint density at radius 1 is 1.32 bits per heavy atom.